The molecule has 0 saturated carbocycles. The van der Waals surface area contributed by atoms with Crippen LogP contribution in [0.15, 0.2) is 106 Å². The molecule has 0 radical (unpaired) electrons. The molecule has 2 aliphatic rings. The third-order valence-corrected chi connectivity index (χ3v) is 8.38. The third-order valence-electron chi connectivity index (χ3n) is 7.28. The molecule has 1 atom stereocenters. The summed E-state index contributed by atoms with van der Waals surface area (Å²) in [6, 6.07) is 29.7. The lowest BCUT2D eigenvalue weighted by atomic mass is 9.74. The van der Waals surface area contributed by atoms with Crippen molar-refractivity contribution in [2.45, 2.75) is 56.0 Å². The Kier molecular flexibility index (Phi) is 5.88. The molecule has 5 heteroatoms. The second-order valence-corrected chi connectivity index (χ2v) is 11.6. The molecule has 4 nitrogen and oxygen atoms in total. The molecule has 3 aromatic carbocycles. The molecule has 182 valence electrons. The van der Waals surface area contributed by atoms with Crippen LogP contribution in [0, 0.1) is 12.3 Å². The average Bonchev–Trinajstić information content (AvgIpc) is 3.10. The van der Waals surface area contributed by atoms with E-state index < -0.39 is 0 Å². The lowest BCUT2D eigenvalue weighted by Crippen LogP contribution is -2.25. The highest BCUT2D eigenvalue weighted by Gasteiger charge is 2.36. The van der Waals surface area contributed by atoms with Crippen LogP contribution in [0.4, 0.5) is 11.4 Å². The molecule has 1 aliphatic heterocycles. The summed E-state index contributed by atoms with van der Waals surface area (Å²) in [6.07, 6.45) is 3.28. The number of allylic oxidation sites excluding steroid dienone is 1. The highest BCUT2D eigenvalue weighted by atomic mass is 32.2. The Morgan fingerprint density at radius 1 is 0.889 bits per heavy atom. The molecule has 2 N–H and O–H groups in total. The molecule has 6 rings (SSSR count). The fourth-order valence-electron chi connectivity index (χ4n) is 5.41. The number of nitrogens with zero attached hydrogens (tertiary/aromatic N) is 2. The zero-order chi connectivity index (χ0) is 24.7. The van der Waals surface area contributed by atoms with E-state index in [0.29, 0.717) is 0 Å². The van der Waals surface area contributed by atoms with Crippen LogP contribution >= 0.6 is 11.8 Å². The molecule has 1 unspecified atom stereocenters. The van der Waals surface area contributed by atoms with Crippen LogP contribution in [-0.2, 0) is 0 Å². The van der Waals surface area contributed by atoms with Gasteiger partial charge in [0, 0.05) is 16.2 Å². The lowest BCUT2D eigenvalue weighted by molar-refractivity contribution is 0.311. The summed E-state index contributed by atoms with van der Waals surface area (Å²) in [7, 11) is 0. The summed E-state index contributed by atoms with van der Waals surface area (Å²) in [4.78, 5) is 1.21. The molecular formula is C31H32N4S. The maximum Gasteiger partial charge on any atom is 0.111 e. The van der Waals surface area contributed by atoms with Crippen molar-refractivity contribution in [1.29, 1.82) is 0 Å². The van der Waals surface area contributed by atoms with Gasteiger partial charge in [0.05, 0.1) is 28.8 Å². The Balaban J connectivity index is 1.55. The minimum atomic E-state index is 0.0518. The second-order valence-electron chi connectivity index (χ2n) is 10.6. The Hall–Kier alpha value is -3.44. The number of aromatic nitrogens is 2. The summed E-state index contributed by atoms with van der Waals surface area (Å²) >= 11 is 1.79. The SMILES string of the molecule is Cc1nn(-c2ccccc2)c(Sc2ccccc2)c1C1Nc2ccccc2NC2=C1CCC(C)(C)C2. The zero-order valence-electron chi connectivity index (χ0n) is 21.1. The third kappa shape index (κ3) is 4.33. The number of aryl methyl sites for hydroxylation is 1. The first-order valence-corrected chi connectivity index (χ1v) is 13.5. The van der Waals surface area contributed by atoms with Crippen LogP contribution in [0.25, 0.3) is 5.69 Å². The van der Waals surface area contributed by atoms with E-state index in [-0.39, 0.29) is 11.5 Å². The van der Waals surface area contributed by atoms with Gasteiger partial charge in [0.2, 0.25) is 0 Å². The minimum Gasteiger partial charge on any atom is -0.373 e. The lowest BCUT2D eigenvalue weighted by Gasteiger charge is -2.35. The molecule has 0 amide bonds. The highest BCUT2D eigenvalue weighted by Crippen LogP contribution is 2.49. The maximum atomic E-state index is 5.12. The molecule has 0 saturated heterocycles. The standard InChI is InChI=1S/C31H32N4S/c1-21-28(30(36-23-14-8-5-9-15-23)35(34-21)22-12-6-4-7-13-22)29-24-18-19-31(2,3)20-27(24)32-25-16-10-11-17-26(25)33-29/h4-17,29,32-33H,18-20H2,1-3H3. The molecule has 0 fully saturated rings. The van der Waals surface area contributed by atoms with E-state index in [1.165, 1.54) is 33.2 Å². The van der Waals surface area contributed by atoms with E-state index in [1.807, 2.05) is 0 Å². The van der Waals surface area contributed by atoms with E-state index in [1.54, 1.807) is 11.8 Å². The van der Waals surface area contributed by atoms with E-state index in [2.05, 4.69) is 121 Å². The fourth-order valence-corrected chi connectivity index (χ4v) is 6.53. The monoisotopic (exact) mass is 492 g/mol. The highest BCUT2D eigenvalue weighted by molar-refractivity contribution is 7.99. The molecule has 1 aromatic heterocycles. The molecule has 2 heterocycles. The summed E-state index contributed by atoms with van der Waals surface area (Å²) in [6.45, 7) is 6.92. The molecule has 36 heavy (non-hydrogen) atoms. The molecule has 0 bridgehead atoms. The largest absolute Gasteiger partial charge is 0.373 e. The van der Waals surface area contributed by atoms with Crippen molar-refractivity contribution in [3.05, 3.63) is 107 Å². The van der Waals surface area contributed by atoms with Crippen LogP contribution in [0.1, 0.15) is 50.4 Å². The number of rotatable bonds is 4. The van der Waals surface area contributed by atoms with Crippen molar-refractivity contribution in [3.63, 3.8) is 0 Å². The van der Waals surface area contributed by atoms with Crippen molar-refractivity contribution in [1.82, 2.24) is 9.78 Å². The number of hydrogen-bond donors (Lipinski definition) is 2. The topological polar surface area (TPSA) is 41.9 Å². The Bertz CT molecular complexity index is 1420. The molecule has 1 aliphatic carbocycles. The predicted molar refractivity (Wildman–Crippen MR) is 150 cm³/mol. The first kappa shape index (κ1) is 23.0. The van der Waals surface area contributed by atoms with Crippen LogP contribution in [0.2, 0.25) is 0 Å². The number of para-hydroxylation sites is 3. The first-order valence-electron chi connectivity index (χ1n) is 12.7. The number of benzene rings is 3. The zero-order valence-corrected chi connectivity index (χ0v) is 21.9. The fraction of sp³-hybridized carbons (Fsp3) is 0.258. The predicted octanol–water partition coefficient (Wildman–Crippen LogP) is 8.37. The van der Waals surface area contributed by atoms with Gasteiger partial charge in [0.1, 0.15) is 5.03 Å². The number of hydrogen-bond acceptors (Lipinski definition) is 4. The smallest absolute Gasteiger partial charge is 0.111 e. The number of fused-ring (bicyclic) bond motifs is 1. The van der Waals surface area contributed by atoms with Crippen molar-refractivity contribution >= 4 is 23.1 Å². The Morgan fingerprint density at radius 3 is 2.31 bits per heavy atom. The van der Waals surface area contributed by atoms with Gasteiger partial charge in [0.25, 0.3) is 0 Å². The van der Waals surface area contributed by atoms with Gasteiger partial charge in [-0.05, 0) is 73.6 Å². The van der Waals surface area contributed by atoms with Crippen LogP contribution in [-0.4, -0.2) is 9.78 Å². The summed E-state index contributed by atoms with van der Waals surface area (Å²) in [5, 5.41) is 14.1. The summed E-state index contributed by atoms with van der Waals surface area (Å²) in [5.41, 5.74) is 8.78. The van der Waals surface area contributed by atoms with E-state index >= 15 is 0 Å². The summed E-state index contributed by atoms with van der Waals surface area (Å²) < 4.78 is 2.13. The average molecular weight is 493 g/mol. The molecule has 4 aromatic rings. The van der Waals surface area contributed by atoms with Crippen LogP contribution in [0.3, 0.4) is 0 Å². The Morgan fingerprint density at radius 2 is 1.56 bits per heavy atom. The van der Waals surface area contributed by atoms with E-state index in [0.717, 1.165) is 35.6 Å². The normalized spacial score (nSPS) is 18.5. The number of anilines is 2. The maximum absolute atomic E-state index is 5.12. The van der Waals surface area contributed by atoms with Crippen molar-refractivity contribution in [2.75, 3.05) is 10.6 Å². The van der Waals surface area contributed by atoms with Gasteiger partial charge in [-0.15, -0.1) is 0 Å². The molecular weight excluding hydrogens is 460 g/mol. The van der Waals surface area contributed by atoms with Gasteiger partial charge in [0.15, 0.2) is 0 Å². The van der Waals surface area contributed by atoms with Crippen LogP contribution < -0.4 is 10.6 Å². The number of nitrogens with one attached hydrogen (secondary N) is 2. The van der Waals surface area contributed by atoms with Gasteiger partial charge in [-0.3, -0.25) is 0 Å². The van der Waals surface area contributed by atoms with Gasteiger partial charge < -0.3 is 10.6 Å². The summed E-state index contributed by atoms with van der Waals surface area (Å²) in [5.74, 6) is 0. The van der Waals surface area contributed by atoms with Gasteiger partial charge >= 0.3 is 0 Å². The van der Waals surface area contributed by atoms with Crippen LogP contribution in [0.5, 0.6) is 0 Å². The van der Waals surface area contributed by atoms with Crippen molar-refractivity contribution in [3.8, 4) is 5.69 Å². The van der Waals surface area contributed by atoms with Gasteiger partial charge in [-0.25, -0.2) is 4.68 Å². The Labute approximate surface area is 217 Å². The minimum absolute atomic E-state index is 0.0518. The second kappa shape index (κ2) is 9.21. The first-order chi connectivity index (χ1) is 17.5. The molecule has 0 spiro atoms. The van der Waals surface area contributed by atoms with Crippen molar-refractivity contribution in [2.24, 2.45) is 5.41 Å². The van der Waals surface area contributed by atoms with Crippen molar-refractivity contribution < 1.29 is 0 Å². The van der Waals surface area contributed by atoms with Gasteiger partial charge in [-0.1, -0.05) is 74.1 Å². The van der Waals surface area contributed by atoms with Gasteiger partial charge in [-0.2, -0.15) is 5.10 Å². The quantitative estimate of drug-likeness (QED) is 0.300. The van der Waals surface area contributed by atoms with E-state index in [9.17, 15) is 0 Å². The van der Waals surface area contributed by atoms with E-state index in [4.69, 9.17) is 5.10 Å².